The third kappa shape index (κ3) is 2.11. The Morgan fingerprint density at radius 1 is 1.50 bits per heavy atom. The minimum Gasteiger partial charge on any atom is -0.337 e. The van der Waals surface area contributed by atoms with Gasteiger partial charge in [-0.05, 0) is 35.4 Å². The Hall–Kier alpha value is -0.100. The van der Waals surface area contributed by atoms with E-state index in [0.717, 1.165) is 22.5 Å². The van der Waals surface area contributed by atoms with Gasteiger partial charge in [-0.2, -0.15) is 0 Å². The van der Waals surface area contributed by atoms with Crippen molar-refractivity contribution < 1.29 is 0 Å². The maximum absolute atomic E-state index is 5.89. The normalized spacial score (nSPS) is 21.6. The van der Waals surface area contributed by atoms with Gasteiger partial charge in [0.25, 0.3) is 0 Å². The maximum Gasteiger partial charge on any atom is 0.225 e. The third-order valence-electron chi connectivity index (χ3n) is 2.42. The van der Waals surface area contributed by atoms with Crippen LogP contribution in [-0.2, 0) is 0 Å². The van der Waals surface area contributed by atoms with Gasteiger partial charge in [-0.3, -0.25) is 0 Å². The van der Waals surface area contributed by atoms with Crippen LogP contribution in [0.25, 0.3) is 0 Å². The molecule has 3 nitrogen and oxygen atoms in total. The van der Waals surface area contributed by atoms with Crippen LogP contribution in [0, 0.1) is 3.57 Å². The molecule has 2 heterocycles. The zero-order valence-electron chi connectivity index (χ0n) is 7.66. The fourth-order valence-electron chi connectivity index (χ4n) is 1.71. The van der Waals surface area contributed by atoms with Crippen molar-refractivity contribution in [1.82, 2.24) is 9.97 Å². The number of halogens is 2. The molecule has 1 atom stereocenters. The molecule has 1 aromatic heterocycles. The Bertz CT molecular complexity index is 303. The minimum atomic E-state index is 0.414. The predicted octanol–water partition coefficient (Wildman–Crippen LogP) is 2.29. The quantitative estimate of drug-likeness (QED) is 0.618. The van der Waals surface area contributed by atoms with Crippen LogP contribution in [0.15, 0.2) is 12.4 Å². The van der Waals surface area contributed by atoms with E-state index in [9.17, 15) is 0 Å². The molecule has 0 radical (unpaired) electrons. The van der Waals surface area contributed by atoms with Gasteiger partial charge in [-0.25, -0.2) is 9.97 Å². The topological polar surface area (TPSA) is 29.0 Å². The van der Waals surface area contributed by atoms with Gasteiger partial charge in [0.05, 0.1) is 0 Å². The van der Waals surface area contributed by atoms with Crippen LogP contribution in [0.3, 0.4) is 0 Å². The molecule has 0 aliphatic carbocycles. The first kappa shape index (κ1) is 10.4. The van der Waals surface area contributed by atoms with Gasteiger partial charge in [0.2, 0.25) is 5.95 Å². The molecular formula is C9H11ClIN3. The summed E-state index contributed by atoms with van der Waals surface area (Å²) in [5.41, 5.74) is 0. The first-order valence-electron chi connectivity index (χ1n) is 4.61. The molecule has 1 unspecified atom stereocenters. The van der Waals surface area contributed by atoms with Crippen molar-refractivity contribution in [3.05, 3.63) is 16.0 Å². The number of hydrogen-bond donors (Lipinski definition) is 0. The zero-order valence-corrected chi connectivity index (χ0v) is 10.6. The van der Waals surface area contributed by atoms with Crippen LogP contribution < -0.4 is 4.90 Å². The summed E-state index contributed by atoms with van der Waals surface area (Å²) in [7, 11) is 0. The Kier molecular flexibility index (Phi) is 3.43. The van der Waals surface area contributed by atoms with E-state index in [1.165, 1.54) is 6.42 Å². The number of nitrogens with zero attached hydrogens (tertiary/aromatic N) is 3. The number of hydrogen-bond acceptors (Lipinski definition) is 3. The molecule has 5 heteroatoms. The van der Waals surface area contributed by atoms with Crippen molar-refractivity contribution in [3.8, 4) is 0 Å². The molecule has 0 aromatic carbocycles. The molecule has 2 rings (SSSR count). The largest absolute Gasteiger partial charge is 0.337 e. The molecule has 0 amide bonds. The highest BCUT2D eigenvalue weighted by molar-refractivity contribution is 14.1. The monoisotopic (exact) mass is 323 g/mol. The van der Waals surface area contributed by atoms with Gasteiger partial charge >= 0.3 is 0 Å². The number of alkyl halides is 1. The van der Waals surface area contributed by atoms with E-state index in [1.807, 2.05) is 12.4 Å². The Labute approximate surface area is 102 Å². The molecule has 1 saturated heterocycles. The molecule has 1 aliphatic heterocycles. The molecule has 0 saturated carbocycles. The average molecular weight is 324 g/mol. The summed E-state index contributed by atoms with van der Waals surface area (Å²) < 4.78 is 1.06. The average Bonchev–Trinajstić information content (AvgIpc) is 2.67. The molecule has 14 heavy (non-hydrogen) atoms. The second-order valence-corrected chi connectivity index (χ2v) is 4.90. The van der Waals surface area contributed by atoms with E-state index >= 15 is 0 Å². The van der Waals surface area contributed by atoms with Crippen molar-refractivity contribution in [2.75, 3.05) is 17.3 Å². The van der Waals surface area contributed by atoms with Crippen LogP contribution in [0.2, 0.25) is 0 Å². The number of anilines is 1. The van der Waals surface area contributed by atoms with Gasteiger partial charge in [-0.15, -0.1) is 11.6 Å². The minimum absolute atomic E-state index is 0.414. The fraction of sp³-hybridized carbons (Fsp3) is 0.556. The van der Waals surface area contributed by atoms with E-state index in [0.29, 0.717) is 11.9 Å². The Balaban J connectivity index is 2.17. The fourth-order valence-corrected chi connectivity index (χ4v) is 2.31. The van der Waals surface area contributed by atoms with E-state index < -0.39 is 0 Å². The molecule has 1 fully saturated rings. The lowest BCUT2D eigenvalue weighted by molar-refractivity contribution is 0.722. The van der Waals surface area contributed by atoms with E-state index in [-0.39, 0.29) is 0 Å². The van der Waals surface area contributed by atoms with Gasteiger partial charge in [0.1, 0.15) is 0 Å². The first-order chi connectivity index (χ1) is 6.81. The molecule has 0 bridgehead atoms. The molecular weight excluding hydrogens is 312 g/mol. The predicted molar refractivity (Wildman–Crippen MR) is 65.8 cm³/mol. The lowest BCUT2D eigenvalue weighted by atomic mass is 10.2. The first-order valence-corrected chi connectivity index (χ1v) is 6.23. The molecule has 0 spiro atoms. The highest BCUT2D eigenvalue weighted by Gasteiger charge is 2.25. The van der Waals surface area contributed by atoms with E-state index in [2.05, 4.69) is 37.5 Å². The maximum atomic E-state index is 5.89. The molecule has 1 aliphatic rings. The Morgan fingerprint density at radius 2 is 2.21 bits per heavy atom. The summed E-state index contributed by atoms with van der Waals surface area (Å²) in [6, 6.07) is 0.414. The van der Waals surface area contributed by atoms with Crippen LogP contribution in [-0.4, -0.2) is 28.4 Å². The lowest BCUT2D eigenvalue weighted by Gasteiger charge is -2.22. The van der Waals surface area contributed by atoms with Gasteiger partial charge in [0.15, 0.2) is 0 Å². The van der Waals surface area contributed by atoms with Crippen molar-refractivity contribution in [2.24, 2.45) is 0 Å². The van der Waals surface area contributed by atoms with Crippen LogP contribution in [0.1, 0.15) is 12.8 Å². The summed E-state index contributed by atoms with van der Waals surface area (Å²) in [5, 5.41) is 0. The van der Waals surface area contributed by atoms with Crippen LogP contribution >= 0.6 is 34.2 Å². The van der Waals surface area contributed by atoms with Crippen molar-refractivity contribution in [1.29, 1.82) is 0 Å². The van der Waals surface area contributed by atoms with E-state index in [1.54, 1.807) is 0 Å². The standard InChI is InChI=1S/C9H11ClIN3/c10-4-8-2-1-3-14(8)9-12-5-7(11)6-13-9/h5-6,8H,1-4H2. The SMILES string of the molecule is ClCC1CCCN1c1ncc(I)cn1. The van der Waals surface area contributed by atoms with Crippen molar-refractivity contribution >= 4 is 40.1 Å². The summed E-state index contributed by atoms with van der Waals surface area (Å²) >= 11 is 8.09. The zero-order chi connectivity index (χ0) is 9.97. The Morgan fingerprint density at radius 3 is 2.86 bits per heavy atom. The van der Waals surface area contributed by atoms with Crippen molar-refractivity contribution in [2.45, 2.75) is 18.9 Å². The van der Waals surface area contributed by atoms with Gasteiger partial charge < -0.3 is 4.90 Å². The second-order valence-electron chi connectivity index (χ2n) is 3.35. The number of rotatable bonds is 2. The van der Waals surface area contributed by atoms with Crippen molar-refractivity contribution in [3.63, 3.8) is 0 Å². The van der Waals surface area contributed by atoms with Gasteiger partial charge in [0, 0.05) is 34.4 Å². The van der Waals surface area contributed by atoms with E-state index in [4.69, 9.17) is 11.6 Å². The number of aromatic nitrogens is 2. The summed E-state index contributed by atoms with van der Waals surface area (Å²) in [6.45, 7) is 1.03. The molecule has 0 N–H and O–H groups in total. The molecule has 76 valence electrons. The van der Waals surface area contributed by atoms with Crippen LogP contribution in [0.5, 0.6) is 0 Å². The van der Waals surface area contributed by atoms with Gasteiger partial charge in [-0.1, -0.05) is 0 Å². The summed E-state index contributed by atoms with van der Waals surface area (Å²) in [5.74, 6) is 1.48. The third-order valence-corrected chi connectivity index (χ3v) is 3.33. The summed E-state index contributed by atoms with van der Waals surface area (Å²) in [4.78, 5) is 10.8. The smallest absolute Gasteiger partial charge is 0.225 e. The van der Waals surface area contributed by atoms with Crippen LogP contribution in [0.4, 0.5) is 5.95 Å². The highest BCUT2D eigenvalue weighted by atomic mass is 127. The second kappa shape index (κ2) is 4.61. The summed E-state index contributed by atoms with van der Waals surface area (Å²) in [6.07, 6.45) is 6.02. The molecule has 1 aromatic rings. The highest BCUT2D eigenvalue weighted by Crippen LogP contribution is 2.22. The lowest BCUT2D eigenvalue weighted by Crippen LogP contribution is -2.31.